The number of ether oxygens (including phenoxy) is 1. The number of hydrogen-bond donors (Lipinski definition) is 0. The number of nitro groups is 1. The van der Waals surface area contributed by atoms with Crippen LogP contribution in [0.2, 0.25) is 0 Å². The molecular weight excluding hydrogens is 252 g/mol. The van der Waals surface area contributed by atoms with Gasteiger partial charge in [0.05, 0.1) is 23.6 Å². The minimum atomic E-state index is -0.526. The highest BCUT2D eigenvalue weighted by molar-refractivity contribution is 5.99. The van der Waals surface area contributed by atoms with Crippen LogP contribution in [-0.4, -0.2) is 30.5 Å². The van der Waals surface area contributed by atoms with Crippen molar-refractivity contribution in [1.29, 1.82) is 0 Å². The van der Waals surface area contributed by atoms with E-state index in [1.54, 1.807) is 6.07 Å². The molecule has 1 heterocycles. The summed E-state index contributed by atoms with van der Waals surface area (Å²) in [6.45, 7) is 0.187. The highest BCUT2D eigenvalue weighted by Gasteiger charge is 2.36. The molecule has 2 rings (SSSR count). The van der Waals surface area contributed by atoms with Gasteiger partial charge in [0, 0.05) is 25.1 Å². The van der Waals surface area contributed by atoms with Crippen LogP contribution in [0.3, 0.4) is 0 Å². The molecule has 0 radical (unpaired) electrons. The number of amides is 1. The third-order valence-electron chi connectivity index (χ3n) is 3.01. The first-order valence-electron chi connectivity index (χ1n) is 5.65. The molecule has 7 heteroatoms. The molecule has 1 aromatic rings. The van der Waals surface area contributed by atoms with Crippen LogP contribution in [0.25, 0.3) is 0 Å². The number of methoxy groups -OCH3 is 1. The van der Waals surface area contributed by atoms with Crippen molar-refractivity contribution in [2.45, 2.75) is 6.42 Å². The lowest BCUT2D eigenvalue weighted by Crippen LogP contribution is -2.26. The highest BCUT2D eigenvalue weighted by Crippen LogP contribution is 2.28. The molecule has 0 aliphatic carbocycles. The van der Waals surface area contributed by atoms with Crippen LogP contribution in [0.15, 0.2) is 24.3 Å². The molecule has 0 aromatic heterocycles. The third kappa shape index (κ3) is 2.54. The first kappa shape index (κ1) is 13.0. The fraction of sp³-hybridized carbons (Fsp3) is 0.333. The van der Waals surface area contributed by atoms with E-state index >= 15 is 0 Å². The zero-order valence-corrected chi connectivity index (χ0v) is 10.2. The maximum absolute atomic E-state index is 11.8. The summed E-state index contributed by atoms with van der Waals surface area (Å²) in [6, 6.07) is 5.77. The molecule has 1 aromatic carbocycles. The van der Waals surface area contributed by atoms with E-state index in [9.17, 15) is 19.7 Å². The minimum absolute atomic E-state index is 0.0648. The molecule has 1 amide bonds. The average molecular weight is 264 g/mol. The van der Waals surface area contributed by atoms with Crippen molar-refractivity contribution in [2.24, 2.45) is 5.92 Å². The van der Waals surface area contributed by atoms with E-state index in [0.717, 1.165) is 0 Å². The Balaban J connectivity index is 2.23. The molecule has 1 saturated heterocycles. The molecule has 0 spiro atoms. The van der Waals surface area contributed by atoms with Gasteiger partial charge in [0.25, 0.3) is 5.69 Å². The smallest absolute Gasteiger partial charge is 0.311 e. The zero-order valence-electron chi connectivity index (χ0n) is 10.2. The quantitative estimate of drug-likeness (QED) is 0.463. The fourth-order valence-electron chi connectivity index (χ4n) is 2.06. The van der Waals surface area contributed by atoms with Gasteiger partial charge < -0.3 is 9.64 Å². The van der Waals surface area contributed by atoms with Crippen molar-refractivity contribution >= 4 is 23.3 Å². The number of anilines is 1. The second-order valence-electron chi connectivity index (χ2n) is 4.21. The normalized spacial score (nSPS) is 18.5. The molecule has 100 valence electrons. The van der Waals surface area contributed by atoms with Gasteiger partial charge in [-0.1, -0.05) is 6.07 Å². The Morgan fingerprint density at radius 3 is 2.89 bits per heavy atom. The maximum Gasteiger partial charge on any atom is 0.311 e. The number of carbonyl (C=O) groups is 2. The molecule has 0 unspecified atom stereocenters. The lowest BCUT2D eigenvalue weighted by atomic mass is 10.1. The van der Waals surface area contributed by atoms with E-state index in [1.165, 1.54) is 30.2 Å². The largest absolute Gasteiger partial charge is 0.469 e. The first-order chi connectivity index (χ1) is 9.02. The lowest BCUT2D eigenvalue weighted by Gasteiger charge is -2.15. The van der Waals surface area contributed by atoms with Gasteiger partial charge in [-0.3, -0.25) is 19.7 Å². The van der Waals surface area contributed by atoms with E-state index < -0.39 is 16.8 Å². The molecule has 1 aliphatic rings. The fourth-order valence-corrected chi connectivity index (χ4v) is 2.06. The van der Waals surface area contributed by atoms with E-state index in [1.807, 2.05) is 0 Å². The van der Waals surface area contributed by atoms with E-state index in [0.29, 0.717) is 5.69 Å². The topological polar surface area (TPSA) is 89.8 Å². The van der Waals surface area contributed by atoms with Crippen LogP contribution < -0.4 is 4.90 Å². The van der Waals surface area contributed by atoms with Crippen LogP contribution in [0, 0.1) is 16.0 Å². The summed E-state index contributed by atoms with van der Waals surface area (Å²) < 4.78 is 4.60. The Morgan fingerprint density at radius 2 is 2.26 bits per heavy atom. The molecule has 19 heavy (non-hydrogen) atoms. The van der Waals surface area contributed by atoms with Crippen LogP contribution in [0.4, 0.5) is 11.4 Å². The van der Waals surface area contributed by atoms with Gasteiger partial charge in [-0.05, 0) is 6.07 Å². The van der Waals surface area contributed by atoms with Crippen LogP contribution in [0.5, 0.6) is 0 Å². The number of esters is 1. The molecule has 1 fully saturated rings. The molecule has 1 aliphatic heterocycles. The summed E-state index contributed by atoms with van der Waals surface area (Å²) >= 11 is 0. The standard InChI is InChI=1S/C12H12N2O5/c1-19-12(16)8-5-11(15)13(7-8)9-3-2-4-10(6-9)14(17)18/h2-4,6,8H,5,7H2,1H3/t8-/m0/s1. The number of nitro benzene ring substituents is 1. The number of hydrogen-bond acceptors (Lipinski definition) is 5. The Bertz CT molecular complexity index is 543. The van der Waals surface area contributed by atoms with Crippen LogP contribution >= 0.6 is 0 Å². The van der Waals surface area contributed by atoms with Crippen molar-refractivity contribution < 1.29 is 19.2 Å². The number of non-ortho nitro benzene ring substituents is 1. The molecule has 0 saturated carbocycles. The summed E-state index contributed by atoms with van der Waals surface area (Å²) in [4.78, 5) is 34.8. The van der Waals surface area contributed by atoms with Crippen molar-refractivity contribution in [3.05, 3.63) is 34.4 Å². The van der Waals surface area contributed by atoms with Gasteiger partial charge in [-0.25, -0.2) is 0 Å². The van der Waals surface area contributed by atoms with Crippen LogP contribution in [0.1, 0.15) is 6.42 Å². The third-order valence-corrected chi connectivity index (χ3v) is 3.01. The highest BCUT2D eigenvalue weighted by atomic mass is 16.6. The maximum atomic E-state index is 11.8. The second-order valence-corrected chi connectivity index (χ2v) is 4.21. The van der Waals surface area contributed by atoms with Gasteiger partial charge in [-0.15, -0.1) is 0 Å². The van der Waals surface area contributed by atoms with E-state index in [-0.39, 0.29) is 24.6 Å². The first-order valence-corrected chi connectivity index (χ1v) is 5.65. The summed E-state index contributed by atoms with van der Waals surface area (Å²) in [6.07, 6.45) is 0.0648. The van der Waals surface area contributed by atoms with Gasteiger partial charge in [0.15, 0.2) is 0 Å². The molecular formula is C12H12N2O5. The van der Waals surface area contributed by atoms with Crippen molar-refractivity contribution in [3.63, 3.8) is 0 Å². The van der Waals surface area contributed by atoms with E-state index in [4.69, 9.17) is 0 Å². The van der Waals surface area contributed by atoms with Crippen molar-refractivity contribution in [3.8, 4) is 0 Å². The predicted molar refractivity (Wildman–Crippen MR) is 65.6 cm³/mol. The number of rotatable bonds is 3. The summed E-state index contributed by atoms with van der Waals surface area (Å²) in [5, 5.41) is 10.7. The van der Waals surface area contributed by atoms with Crippen molar-refractivity contribution in [1.82, 2.24) is 0 Å². The SMILES string of the molecule is COC(=O)[C@H]1CC(=O)N(c2cccc([N+](=O)[O-])c2)C1. The zero-order chi connectivity index (χ0) is 14.0. The van der Waals surface area contributed by atoms with Gasteiger partial charge in [0.2, 0.25) is 5.91 Å². The number of nitrogens with zero attached hydrogens (tertiary/aromatic N) is 2. The molecule has 0 bridgehead atoms. The second kappa shape index (κ2) is 5.05. The number of benzene rings is 1. The van der Waals surface area contributed by atoms with Gasteiger partial charge in [0.1, 0.15) is 0 Å². The summed E-state index contributed by atoms with van der Waals surface area (Å²) in [5.74, 6) is -1.20. The van der Waals surface area contributed by atoms with Crippen LogP contribution in [-0.2, 0) is 14.3 Å². The van der Waals surface area contributed by atoms with Crippen molar-refractivity contribution in [2.75, 3.05) is 18.6 Å². The monoisotopic (exact) mass is 264 g/mol. The minimum Gasteiger partial charge on any atom is -0.469 e. The van der Waals surface area contributed by atoms with Gasteiger partial charge >= 0.3 is 5.97 Å². The Hall–Kier alpha value is -2.44. The molecule has 0 N–H and O–H groups in total. The van der Waals surface area contributed by atoms with Gasteiger partial charge in [-0.2, -0.15) is 0 Å². The molecule has 1 atom stereocenters. The summed E-state index contributed by atoms with van der Waals surface area (Å²) in [5.41, 5.74) is 0.331. The Labute approximate surface area is 108 Å². The predicted octanol–water partition coefficient (Wildman–Crippen LogP) is 1.12. The lowest BCUT2D eigenvalue weighted by molar-refractivity contribution is -0.384. The average Bonchev–Trinajstić information content (AvgIpc) is 2.80. The van der Waals surface area contributed by atoms with E-state index in [2.05, 4.69) is 4.74 Å². The Kier molecular flexibility index (Phi) is 3.46. The molecule has 7 nitrogen and oxygen atoms in total. The number of carbonyl (C=O) groups excluding carboxylic acids is 2. The Morgan fingerprint density at radius 1 is 1.53 bits per heavy atom. The summed E-state index contributed by atoms with van der Waals surface area (Å²) in [7, 11) is 1.27.